The monoisotopic (exact) mass is 396 g/mol. The van der Waals surface area contributed by atoms with Gasteiger partial charge in [-0.3, -0.25) is 9.59 Å². The number of hydrogen-bond donors (Lipinski definition) is 1. The zero-order chi connectivity index (χ0) is 20.8. The van der Waals surface area contributed by atoms with Gasteiger partial charge in [-0.15, -0.1) is 0 Å². The number of imidazole rings is 1. The third-order valence-corrected chi connectivity index (χ3v) is 5.62. The van der Waals surface area contributed by atoms with Crippen LogP contribution in [0.15, 0.2) is 24.7 Å². The number of nitrogens with one attached hydrogen (secondary N) is 1. The molecule has 2 aromatic rings. The van der Waals surface area contributed by atoms with Crippen LogP contribution in [-0.2, 0) is 22.1 Å². The fraction of sp³-hybridized carbons (Fsp3) is 0.571. The maximum Gasteiger partial charge on any atom is 0.231 e. The van der Waals surface area contributed by atoms with Gasteiger partial charge in [0, 0.05) is 43.5 Å². The summed E-state index contributed by atoms with van der Waals surface area (Å²) in [6, 6.07) is 1.56. The smallest absolute Gasteiger partial charge is 0.231 e. The number of likely N-dealkylation sites (tertiary alicyclic amines) is 1. The van der Waals surface area contributed by atoms with Crippen LogP contribution in [0.3, 0.4) is 0 Å². The molecule has 4 rings (SSSR count). The number of amides is 2. The molecular formula is C21H28N6O2. The number of hydrogen-bond acceptors (Lipinski definition) is 5. The molecule has 1 aliphatic carbocycles. The molecular weight excluding hydrogens is 368 g/mol. The van der Waals surface area contributed by atoms with E-state index in [9.17, 15) is 9.59 Å². The second-order valence-corrected chi connectivity index (χ2v) is 9.02. The Hall–Kier alpha value is -2.77. The highest BCUT2D eigenvalue weighted by molar-refractivity contribution is 5.94. The van der Waals surface area contributed by atoms with Crippen molar-refractivity contribution in [3.63, 3.8) is 0 Å². The topological polar surface area (TPSA) is 93.0 Å². The number of aryl methyl sites for hydroxylation is 1. The molecule has 1 N–H and O–H groups in total. The van der Waals surface area contributed by atoms with Gasteiger partial charge in [0.1, 0.15) is 23.5 Å². The van der Waals surface area contributed by atoms with E-state index in [0.29, 0.717) is 24.5 Å². The Morgan fingerprint density at radius 1 is 1.17 bits per heavy atom. The quantitative estimate of drug-likeness (QED) is 0.857. The van der Waals surface area contributed by atoms with Crippen LogP contribution in [0.25, 0.3) is 0 Å². The summed E-state index contributed by atoms with van der Waals surface area (Å²) in [5.74, 6) is 1.53. The molecule has 0 aromatic carbocycles. The molecule has 29 heavy (non-hydrogen) atoms. The summed E-state index contributed by atoms with van der Waals surface area (Å²) in [4.78, 5) is 41.2. The molecule has 2 atom stereocenters. The van der Waals surface area contributed by atoms with Gasteiger partial charge < -0.3 is 14.8 Å². The molecule has 8 heteroatoms. The first-order valence-electron chi connectivity index (χ1n) is 10.2. The Bertz CT molecular complexity index is 927. The summed E-state index contributed by atoms with van der Waals surface area (Å²) in [6.07, 6.45) is 8.10. The molecule has 0 radical (unpaired) electrons. The third-order valence-electron chi connectivity index (χ3n) is 5.62. The molecule has 1 saturated heterocycles. The summed E-state index contributed by atoms with van der Waals surface area (Å²) in [6.45, 7) is 6.10. The van der Waals surface area contributed by atoms with E-state index in [4.69, 9.17) is 0 Å². The van der Waals surface area contributed by atoms with E-state index < -0.39 is 0 Å². The van der Waals surface area contributed by atoms with Crippen molar-refractivity contribution >= 4 is 17.6 Å². The Balaban J connectivity index is 1.62. The molecule has 8 nitrogen and oxygen atoms in total. The van der Waals surface area contributed by atoms with Crippen molar-refractivity contribution < 1.29 is 9.59 Å². The largest absolute Gasteiger partial charge is 0.336 e. The van der Waals surface area contributed by atoms with Gasteiger partial charge in [0.05, 0.1) is 5.92 Å². The number of anilines is 1. The molecule has 1 saturated carbocycles. The highest BCUT2D eigenvalue weighted by Gasteiger charge is 2.48. The minimum atomic E-state index is -0.373. The average molecular weight is 396 g/mol. The van der Waals surface area contributed by atoms with Crippen LogP contribution in [0.1, 0.15) is 64.1 Å². The van der Waals surface area contributed by atoms with Crippen molar-refractivity contribution in [2.75, 3.05) is 5.32 Å². The van der Waals surface area contributed by atoms with Crippen molar-refractivity contribution in [3.05, 3.63) is 36.3 Å². The lowest BCUT2D eigenvalue weighted by atomic mass is 9.86. The molecule has 2 fully saturated rings. The minimum absolute atomic E-state index is 0.113. The lowest BCUT2D eigenvalue weighted by molar-refractivity contribution is -0.143. The van der Waals surface area contributed by atoms with Crippen LogP contribution in [0.4, 0.5) is 5.82 Å². The maximum absolute atomic E-state index is 13.3. The highest BCUT2D eigenvalue weighted by atomic mass is 16.2. The zero-order valence-corrected chi connectivity index (χ0v) is 17.4. The van der Waals surface area contributed by atoms with E-state index in [0.717, 1.165) is 18.7 Å². The predicted molar refractivity (Wildman–Crippen MR) is 108 cm³/mol. The SMILES string of the molecule is Cn1ccnc1[C@@H]1[C@@H](C(=O)Nc2ccnc(C(C)(C)C)n2)CCC(=O)N1C1CC1. The van der Waals surface area contributed by atoms with Gasteiger partial charge in [0.25, 0.3) is 0 Å². The van der Waals surface area contributed by atoms with Gasteiger partial charge in [0.2, 0.25) is 11.8 Å². The van der Waals surface area contributed by atoms with E-state index in [2.05, 4.69) is 20.3 Å². The Labute approximate surface area is 170 Å². The number of aromatic nitrogens is 4. The van der Waals surface area contributed by atoms with E-state index >= 15 is 0 Å². The van der Waals surface area contributed by atoms with Crippen LogP contribution in [0.5, 0.6) is 0 Å². The summed E-state index contributed by atoms with van der Waals surface area (Å²) in [5.41, 5.74) is -0.212. The number of nitrogens with zero attached hydrogens (tertiary/aromatic N) is 5. The first-order valence-corrected chi connectivity index (χ1v) is 10.2. The first-order chi connectivity index (χ1) is 13.8. The van der Waals surface area contributed by atoms with Gasteiger partial charge in [-0.2, -0.15) is 0 Å². The lowest BCUT2D eigenvalue weighted by Crippen LogP contribution is -2.48. The van der Waals surface area contributed by atoms with Crippen molar-refractivity contribution in [3.8, 4) is 0 Å². The van der Waals surface area contributed by atoms with E-state index in [1.807, 2.05) is 43.5 Å². The van der Waals surface area contributed by atoms with Gasteiger partial charge in [-0.25, -0.2) is 15.0 Å². The normalized spacial score (nSPS) is 22.6. The van der Waals surface area contributed by atoms with Crippen LogP contribution in [0, 0.1) is 5.92 Å². The van der Waals surface area contributed by atoms with E-state index in [-0.39, 0.29) is 35.2 Å². The molecule has 154 valence electrons. The summed E-state index contributed by atoms with van der Waals surface area (Å²) >= 11 is 0. The number of carbonyl (C=O) groups is 2. The van der Waals surface area contributed by atoms with Gasteiger partial charge >= 0.3 is 0 Å². The van der Waals surface area contributed by atoms with E-state index in [1.54, 1.807) is 18.5 Å². The van der Waals surface area contributed by atoms with Crippen LogP contribution >= 0.6 is 0 Å². The van der Waals surface area contributed by atoms with Crippen molar-refractivity contribution in [2.45, 2.75) is 64.0 Å². The molecule has 2 aromatic heterocycles. The molecule has 1 aliphatic heterocycles. The maximum atomic E-state index is 13.3. The summed E-state index contributed by atoms with van der Waals surface area (Å²) < 4.78 is 1.90. The lowest BCUT2D eigenvalue weighted by Gasteiger charge is -2.40. The predicted octanol–water partition coefficient (Wildman–Crippen LogP) is 2.59. The fourth-order valence-corrected chi connectivity index (χ4v) is 3.95. The molecule has 0 bridgehead atoms. The van der Waals surface area contributed by atoms with Crippen molar-refractivity contribution in [1.82, 2.24) is 24.4 Å². The van der Waals surface area contributed by atoms with E-state index in [1.165, 1.54) is 0 Å². The van der Waals surface area contributed by atoms with Crippen LogP contribution < -0.4 is 5.32 Å². The summed E-state index contributed by atoms with van der Waals surface area (Å²) in [5, 5.41) is 2.97. The standard InChI is InChI=1S/C21H28N6O2/c1-21(2,3)20-23-10-9-15(25-20)24-19(29)14-7-8-16(28)27(13-5-6-13)17(14)18-22-11-12-26(18)4/h9-14,17H,5-8H2,1-4H3,(H,23,24,25,29)/t14-,17-/m0/s1. The number of piperidine rings is 1. The highest BCUT2D eigenvalue weighted by Crippen LogP contribution is 2.43. The van der Waals surface area contributed by atoms with Crippen molar-refractivity contribution in [2.24, 2.45) is 13.0 Å². The average Bonchev–Trinajstić information content (AvgIpc) is 3.41. The Morgan fingerprint density at radius 2 is 1.93 bits per heavy atom. The van der Waals surface area contributed by atoms with Gasteiger partial charge in [-0.05, 0) is 25.3 Å². The number of carbonyl (C=O) groups excluding carboxylic acids is 2. The van der Waals surface area contributed by atoms with Gasteiger partial charge in [-0.1, -0.05) is 20.8 Å². The third kappa shape index (κ3) is 3.88. The fourth-order valence-electron chi connectivity index (χ4n) is 3.95. The second-order valence-electron chi connectivity index (χ2n) is 9.02. The zero-order valence-electron chi connectivity index (χ0n) is 17.4. The molecule has 0 spiro atoms. The summed E-state index contributed by atoms with van der Waals surface area (Å²) in [7, 11) is 1.90. The van der Waals surface area contributed by atoms with Crippen molar-refractivity contribution in [1.29, 1.82) is 0 Å². The van der Waals surface area contributed by atoms with Crippen LogP contribution in [0.2, 0.25) is 0 Å². The minimum Gasteiger partial charge on any atom is -0.336 e. The second kappa shape index (κ2) is 7.24. The first kappa shape index (κ1) is 19.5. The molecule has 0 unspecified atom stereocenters. The molecule has 3 heterocycles. The Morgan fingerprint density at radius 3 is 2.55 bits per heavy atom. The van der Waals surface area contributed by atoms with Crippen LogP contribution in [-0.4, -0.2) is 42.3 Å². The Kier molecular flexibility index (Phi) is 4.88. The molecule has 2 aliphatic rings. The number of rotatable bonds is 4. The van der Waals surface area contributed by atoms with Gasteiger partial charge in [0.15, 0.2) is 0 Å². The molecule has 2 amide bonds.